The van der Waals surface area contributed by atoms with Gasteiger partial charge in [-0.3, -0.25) is 10.2 Å². The Balaban J connectivity index is 1.91. The fraction of sp³-hybridized carbons (Fsp3) is 0.500. The van der Waals surface area contributed by atoms with Crippen molar-refractivity contribution in [1.29, 1.82) is 5.41 Å². The fourth-order valence-corrected chi connectivity index (χ4v) is 5.03. The number of Topliss-reactive ketones (excluding diaryl/α,β-unsaturated/α-hetero) is 1. The molecule has 10 nitrogen and oxygen atoms in total. The molecule has 1 aliphatic heterocycles. The Labute approximate surface area is 235 Å². The highest BCUT2D eigenvalue weighted by Crippen LogP contribution is 2.40. The number of hydrogen-bond donors (Lipinski definition) is 3. The lowest BCUT2D eigenvalue weighted by atomic mass is 9.84. The van der Waals surface area contributed by atoms with Crippen LogP contribution in [-0.2, 0) is 22.0 Å². The molecule has 3 N–H and O–H groups in total. The van der Waals surface area contributed by atoms with Gasteiger partial charge in [-0.1, -0.05) is 20.8 Å². The first-order valence-corrected chi connectivity index (χ1v) is 15.0. The van der Waals surface area contributed by atoms with Crippen LogP contribution in [0.4, 0.5) is 10.1 Å². The van der Waals surface area contributed by atoms with Crippen molar-refractivity contribution in [2.24, 2.45) is 0 Å². The highest BCUT2D eigenvalue weighted by molar-refractivity contribution is 7.88. The van der Waals surface area contributed by atoms with E-state index in [9.17, 15) is 13.2 Å². The zero-order chi connectivity index (χ0) is 29.8. The number of sulfonamides is 1. The minimum atomic E-state index is -3.35. The quantitative estimate of drug-likeness (QED) is 0.241. The Morgan fingerprint density at radius 1 is 1.10 bits per heavy atom. The molecule has 0 bridgehead atoms. The van der Waals surface area contributed by atoms with Crippen molar-refractivity contribution in [3.05, 3.63) is 46.3 Å². The number of nitrogens with one attached hydrogen (secondary N) is 3. The van der Waals surface area contributed by atoms with Crippen molar-refractivity contribution in [2.75, 3.05) is 51.5 Å². The molecule has 0 unspecified atom stereocenters. The molecule has 0 radical (unpaired) electrons. The number of hydrogen-bond acceptors (Lipinski definition) is 8. The van der Waals surface area contributed by atoms with Crippen LogP contribution in [0.25, 0.3) is 0 Å². The van der Waals surface area contributed by atoms with E-state index in [-0.39, 0.29) is 66.9 Å². The molecule has 2 aromatic carbocycles. The normalized spacial score (nSPS) is 13.3. The summed E-state index contributed by atoms with van der Waals surface area (Å²) in [5.74, 6) is -0.243. The maximum Gasteiger partial charge on any atom is 0.208 e. The number of benzene rings is 2. The number of carbonyl (C=O) groups excluding carboxylic acids is 1. The van der Waals surface area contributed by atoms with Gasteiger partial charge in [-0.15, -0.1) is 0 Å². The summed E-state index contributed by atoms with van der Waals surface area (Å²) in [5, 5.41) is 11.8. The van der Waals surface area contributed by atoms with Gasteiger partial charge >= 0.3 is 0 Å². The lowest BCUT2D eigenvalue weighted by molar-refractivity contribution is 0.0962. The number of amidine groups is 1. The van der Waals surface area contributed by atoms with Crippen molar-refractivity contribution in [2.45, 2.75) is 46.6 Å². The third kappa shape index (κ3) is 7.03. The van der Waals surface area contributed by atoms with Crippen molar-refractivity contribution in [3.63, 3.8) is 0 Å². The van der Waals surface area contributed by atoms with Crippen LogP contribution in [-0.4, -0.2) is 71.2 Å². The molecule has 0 fully saturated rings. The molecule has 1 heterocycles. The van der Waals surface area contributed by atoms with Crippen LogP contribution in [0.2, 0.25) is 0 Å². The molecule has 0 aromatic heterocycles. The minimum Gasteiger partial charge on any atom is -0.494 e. The second kappa shape index (κ2) is 12.4. The number of halogens is 1. The van der Waals surface area contributed by atoms with Gasteiger partial charge in [-0.05, 0) is 43.0 Å². The van der Waals surface area contributed by atoms with Crippen LogP contribution < -0.4 is 24.2 Å². The van der Waals surface area contributed by atoms with Crippen LogP contribution in [0, 0.1) is 11.2 Å². The van der Waals surface area contributed by atoms with E-state index in [2.05, 4.69) is 10.0 Å². The van der Waals surface area contributed by atoms with Crippen molar-refractivity contribution < 1.29 is 31.8 Å². The van der Waals surface area contributed by atoms with E-state index in [0.29, 0.717) is 29.2 Å². The number of carbonyl (C=O) groups is 1. The van der Waals surface area contributed by atoms with Gasteiger partial charge in [0.2, 0.25) is 10.0 Å². The van der Waals surface area contributed by atoms with E-state index in [1.165, 1.54) is 12.0 Å². The molecule has 0 saturated heterocycles. The van der Waals surface area contributed by atoms with Gasteiger partial charge in [0.1, 0.15) is 11.6 Å². The number of methoxy groups -OCH3 is 1. The van der Waals surface area contributed by atoms with Gasteiger partial charge in [0.25, 0.3) is 0 Å². The lowest BCUT2D eigenvalue weighted by Gasteiger charge is -2.26. The monoisotopic (exact) mass is 578 g/mol. The summed E-state index contributed by atoms with van der Waals surface area (Å²) >= 11 is 0. The van der Waals surface area contributed by atoms with Crippen molar-refractivity contribution in [3.8, 4) is 17.2 Å². The van der Waals surface area contributed by atoms with E-state index in [4.69, 9.17) is 19.6 Å². The van der Waals surface area contributed by atoms with Crippen molar-refractivity contribution in [1.82, 2.24) is 9.62 Å². The highest BCUT2D eigenvalue weighted by atomic mass is 32.2. The van der Waals surface area contributed by atoms with Crippen LogP contribution in [0.3, 0.4) is 0 Å². The van der Waals surface area contributed by atoms with Crippen LogP contribution >= 0.6 is 0 Å². The number of ketones is 1. The molecule has 0 atom stereocenters. The van der Waals surface area contributed by atoms with Gasteiger partial charge in [-0.2, -0.15) is 0 Å². The molecule has 0 saturated carbocycles. The van der Waals surface area contributed by atoms with Gasteiger partial charge in [0.05, 0.1) is 44.4 Å². The molecule has 1 aliphatic rings. The van der Waals surface area contributed by atoms with Gasteiger partial charge < -0.3 is 24.4 Å². The third-order valence-corrected chi connectivity index (χ3v) is 7.06. The molecular formula is C28H39FN4O6S. The fourth-order valence-electron chi connectivity index (χ4n) is 4.56. The summed E-state index contributed by atoms with van der Waals surface area (Å²) in [6, 6.07) is 5.10. The predicted molar refractivity (Wildman–Crippen MR) is 153 cm³/mol. The molecule has 0 amide bonds. The molecule has 0 spiro atoms. The lowest BCUT2D eigenvalue weighted by Crippen LogP contribution is -2.31. The van der Waals surface area contributed by atoms with Gasteiger partial charge in [-0.25, -0.2) is 17.5 Å². The largest absolute Gasteiger partial charge is 0.494 e. The second-order valence-electron chi connectivity index (χ2n) is 10.5. The molecule has 40 heavy (non-hydrogen) atoms. The molecule has 2 aromatic rings. The topological polar surface area (TPSA) is 130 Å². The zero-order valence-electron chi connectivity index (χ0n) is 24.2. The Morgan fingerprint density at radius 3 is 2.35 bits per heavy atom. The first-order chi connectivity index (χ1) is 18.7. The van der Waals surface area contributed by atoms with Gasteiger partial charge in [0, 0.05) is 30.8 Å². The number of rotatable bonds is 13. The Hall–Kier alpha value is -3.38. The van der Waals surface area contributed by atoms with E-state index in [1.807, 2.05) is 20.8 Å². The van der Waals surface area contributed by atoms with Crippen molar-refractivity contribution >= 4 is 27.3 Å². The molecule has 0 aliphatic carbocycles. The molecule has 3 rings (SSSR count). The number of anilines is 1. The molecule has 12 heteroatoms. The summed E-state index contributed by atoms with van der Waals surface area (Å²) in [4.78, 5) is 15.1. The average Bonchev–Trinajstić information content (AvgIpc) is 3.17. The predicted octanol–water partition coefficient (Wildman–Crippen LogP) is 3.91. The first kappa shape index (κ1) is 31.2. The number of fused-ring (bicyclic) bond motifs is 1. The second-order valence-corrected chi connectivity index (χ2v) is 12.3. The zero-order valence-corrected chi connectivity index (χ0v) is 25.0. The summed E-state index contributed by atoms with van der Waals surface area (Å²) in [5.41, 5.74) is 1.99. The summed E-state index contributed by atoms with van der Waals surface area (Å²) < 4.78 is 57.5. The Kier molecular flexibility index (Phi) is 9.68. The summed E-state index contributed by atoms with van der Waals surface area (Å²) in [6.07, 6.45) is 1.08. The first-order valence-electron chi connectivity index (χ1n) is 13.1. The summed E-state index contributed by atoms with van der Waals surface area (Å²) in [6.45, 7) is 10.5. The van der Waals surface area contributed by atoms with Gasteiger partial charge in [0.15, 0.2) is 23.1 Å². The highest BCUT2D eigenvalue weighted by Gasteiger charge is 2.33. The summed E-state index contributed by atoms with van der Waals surface area (Å²) in [7, 11) is -1.81. The van der Waals surface area contributed by atoms with Crippen LogP contribution in [0.5, 0.6) is 17.2 Å². The maximum absolute atomic E-state index is 15.4. The maximum atomic E-state index is 15.4. The standard InChI is InChI=1S/C28H39FN4O6S/c1-8-38-22-14-18-15-33(27(30)23(18)24(29)26(22)39-9-2)16-21(34)17-12-19(28(3,4)5)25(37-6)20(13-17)31-10-11-32-40(7,35)36/h12-14,30-32H,8-11,15-16H2,1-7H3. The number of nitrogens with zero attached hydrogens (tertiary/aromatic N) is 1. The molecular weight excluding hydrogens is 539 g/mol. The Bertz CT molecular complexity index is 1390. The molecule has 220 valence electrons. The van der Waals surface area contributed by atoms with E-state index < -0.39 is 15.8 Å². The Morgan fingerprint density at radius 2 is 1.77 bits per heavy atom. The van der Waals surface area contributed by atoms with Crippen LogP contribution in [0.15, 0.2) is 18.2 Å². The van der Waals surface area contributed by atoms with Crippen LogP contribution in [0.1, 0.15) is 61.7 Å². The minimum absolute atomic E-state index is 0.0351. The van der Waals surface area contributed by atoms with E-state index in [0.717, 1.165) is 11.8 Å². The van der Waals surface area contributed by atoms with E-state index >= 15 is 4.39 Å². The smallest absolute Gasteiger partial charge is 0.208 e. The third-order valence-electron chi connectivity index (χ3n) is 6.33. The average molecular weight is 579 g/mol. The van der Waals surface area contributed by atoms with E-state index in [1.54, 1.807) is 32.0 Å². The SMILES string of the molecule is CCOc1cc2c(c(F)c1OCC)C(=N)N(CC(=O)c1cc(NCCNS(C)(=O)=O)c(OC)c(C(C)(C)C)c1)C2. The number of ether oxygens (including phenoxy) is 3.